The van der Waals surface area contributed by atoms with Crippen LogP contribution in [-0.2, 0) is 4.74 Å². The van der Waals surface area contributed by atoms with Gasteiger partial charge >= 0.3 is 0 Å². The molecule has 2 aliphatic rings. The summed E-state index contributed by atoms with van der Waals surface area (Å²) in [5.41, 5.74) is 0.575. The van der Waals surface area contributed by atoms with Gasteiger partial charge in [0.1, 0.15) is 5.82 Å². The number of hydrogen-bond acceptors (Lipinski definition) is 4. The Morgan fingerprint density at radius 1 is 1.29 bits per heavy atom. The average molecular weight is 352 g/mol. The third-order valence-corrected chi connectivity index (χ3v) is 5.32. The molecule has 1 saturated carbocycles. The number of ether oxygens (including phenoxy) is 1. The Kier molecular flexibility index (Phi) is 5.95. The first kappa shape index (κ1) is 17.5. The standard InChI is InChI=1S/C18H26ClN3O2/c1-24-15-7-5-6-14(11-15)21-17-16(19)10-13(12-20-17)18(23)22-8-3-2-4-9-22/h10,12,14-15H,2-9,11H2,1H3,(H,20,21). The van der Waals surface area contributed by atoms with Crippen molar-refractivity contribution in [2.24, 2.45) is 0 Å². The second kappa shape index (κ2) is 8.17. The maximum absolute atomic E-state index is 12.5. The molecule has 132 valence electrons. The molecule has 0 aromatic carbocycles. The molecule has 0 spiro atoms. The van der Waals surface area contributed by atoms with Crippen molar-refractivity contribution in [3.05, 3.63) is 22.8 Å². The third-order valence-electron chi connectivity index (χ3n) is 5.03. The van der Waals surface area contributed by atoms with E-state index in [9.17, 15) is 4.79 Å². The number of piperidine rings is 1. The summed E-state index contributed by atoms with van der Waals surface area (Å²) in [5, 5.41) is 3.92. The van der Waals surface area contributed by atoms with Crippen LogP contribution < -0.4 is 5.32 Å². The highest BCUT2D eigenvalue weighted by molar-refractivity contribution is 6.33. The molecular weight excluding hydrogens is 326 g/mol. The van der Waals surface area contributed by atoms with Crippen LogP contribution in [0.5, 0.6) is 0 Å². The van der Waals surface area contributed by atoms with Gasteiger partial charge in [0, 0.05) is 32.4 Å². The van der Waals surface area contributed by atoms with Crippen molar-refractivity contribution >= 4 is 23.3 Å². The molecule has 1 aliphatic heterocycles. The molecule has 1 aromatic heterocycles. The highest BCUT2D eigenvalue weighted by atomic mass is 35.5. The fourth-order valence-electron chi connectivity index (χ4n) is 3.62. The molecule has 5 nitrogen and oxygen atoms in total. The number of aromatic nitrogens is 1. The fourth-order valence-corrected chi connectivity index (χ4v) is 3.85. The van der Waals surface area contributed by atoms with Crippen LogP contribution in [0, 0.1) is 0 Å². The summed E-state index contributed by atoms with van der Waals surface area (Å²) in [6, 6.07) is 2.06. The van der Waals surface area contributed by atoms with Gasteiger partial charge in [0.05, 0.1) is 16.7 Å². The Hall–Kier alpha value is -1.33. The smallest absolute Gasteiger partial charge is 0.255 e. The number of carbonyl (C=O) groups is 1. The molecule has 1 aliphatic carbocycles. The van der Waals surface area contributed by atoms with E-state index in [1.165, 1.54) is 6.42 Å². The minimum absolute atomic E-state index is 0.0350. The van der Waals surface area contributed by atoms with Gasteiger partial charge < -0.3 is 15.0 Å². The summed E-state index contributed by atoms with van der Waals surface area (Å²) in [7, 11) is 1.76. The van der Waals surface area contributed by atoms with Crippen molar-refractivity contribution in [3.8, 4) is 0 Å². The topological polar surface area (TPSA) is 54.5 Å². The lowest BCUT2D eigenvalue weighted by Crippen LogP contribution is -2.35. The third kappa shape index (κ3) is 4.19. The number of rotatable bonds is 4. The zero-order valence-corrected chi connectivity index (χ0v) is 15.0. The van der Waals surface area contributed by atoms with Gasteiger partial charge in [-0.05, 0) is 51.0 Å². The maximum atomic E-state index is 12.5. The summed E-state index contributed by atoms with van der Waals surface area (Å²) in [5.74, 6) is 0.696. The number of nitrogens with zero attached hydrogens (tertiary/aromatic N) is 2. The highest BCUT2D eigenvalue weighted by Crippen LogP contribution is 2.27. The van der Waals surface area contributed by atoms with Gasteiger partial charge in [-0.15, -0.1) is 0 Å². The number of anilines is 1. The SMILES string of the molecule is COC1CCCC(Nc2ncc(C(=O)N3CCCCC3)cc2Cl)C1. The van der Waals surface area contributed by atoms with Crippen LogP contribution in [0.15, 0.2) is 12.3 Å². The summed E-state index contributed by atoms with van der Waals surface area (Å²) >= 11 is 6.37. The zero-order valence-electron chi connectivity index (χ0n) is 14.3. The first-order valence-corrected chi connectivity index (χ1v) is 9.29. The van der Waals surface area contributed by atoms with Gasteiger partial charge in [-0.25, -0.2) is 4.98 Å². The van der Waals surface area contributed by atoms with E-state index in [4.69, 9.17) is 16.3 Å². The summed E-state index contributed by atoms with van der Waals surface area (Å²) in [4.78, 5) is 18.8. The molecule has 1 saturated heterocycles. The van der Waals surface area contributed by atoms with E-state index in [1.54, 1.807) is 19.4 Å². The van der Waals surface area contributed by atoms with Crippen LogP contribution in [-0.4, -0.2) is 48.1 Å². The number of pyridine rings is 1. The summed E-state index contributed by atoms with van der Waals surface area (Å²) in [6.45, 7) is 1.66. The van der Waals surface area contributed by atoms with E-state index in [0.717, 1.165) is 51.6 Å². The summed E-state index contributed by atoms with van der Waals surface area (Å²) < 4.78 is 5.46. The van der Waals surface area contributed by atoms with Crippen molar-refractivity contribution in [2.45, 2.75) is 57.1 Å². The van der Waals surface area contributed by atoms with Gasteiger partial charge in [-0.1, -0.05) is 11.6 Å². The Balaban J connectivity index is 1.64. The predicted octanol–water partition coefficient (Wildman–Crippen LogP) is 3.73. The van der Waals surface area contributed by atoms with Crippen molar-refractivity contribution in [3.63, 3.8) is 0 Å². The van der Waals surface area contributed by atoms with Gasteiger partial charge in [-0.2, -0.15) is 0 Å². The first-order valence-electron chi connectivity index (χ1n) is 8.91. The largest absolute Gasteiger partial charge is 0.381 e. The predicted molar refractivity (Wildman–Crippen MR) is 95.7 cm³/mol. The van der Waals surface area contributed by atoms with Gasteiger partial charge in [0.25, 0.3) is 5.91 Å². The molecule has 2 fully saturated rings. The van der Waals surface area contributed by atoms with Crippen LogP contribution >= 0.6 is 11.6 Å². The quantitative estimate of drug-likeness (QED) is 0.898. The molecule has 3 rings (SSSR count). The molecule has 1 amide bonds. The maximum Gasteiger partial charge on any atom is 0.255 e. The number of halogens is 1. The molecule has 1 N–H and O–H groups in total. The van der Waals surface area contributed by atoms with E-state index in [-0.39, 0.29) is 5.91 Å². The Morgan fingerprint density at radius 2 is 2.08 bits per heavy atom. The van der Waals surface area contributed by atoms with Gasteiger partial charge in [-0.3, -0.25) is 4.79 Å². The van der Waals surface area contributed by atoms with Crippen molar-refractivity contribution in [1.29, 1.82) is 0 Å². The van der Waals surface area contributed by atoms with Crippen LogP contribution in [0.4, 0.5) is 5.82 Å². The van der Waals surface area contributed by atoms with Crippen LogP contribution in [0.1, 0.15) is 55.3 Å². The summed E-state index contributed by atoms with van der Waals surface area (Å²) in [6.07, 6.45) is 9.60. The molecule has 2 atom stereocenters. The first-order chi connectivity index (χ1) is 11.7. The minimum atomic E-state index is 0.0350. The van der Waals surface area contributed by atoms with Crippen LogP contribution in [0.3, 0.4) is 0 Å². The number of nitrogens with one attached hydrogen (secondary N) is 1. The molecule has 0 radical (unpaired) electrons. The normalized spacial score (nSPS) is 24.7. The van der Waals surface area contributed by atoms with E-state index in [0.29, 0.717) is 28.5 Å². The number of carbonyl (C=O) groups excluding carboxylic acids is 1. The van der Waals surface area contributed by atoms with E-state index in [2.05, 4.69) is 10.3 Å². The molecule has 0 bridgehead atoms. The second-order valence-corrected chi connectivity index (χ2v) is 7.18. The van der Waals surface area contributed by atoms with Crippen molar-refractivity contribution in [2.75, 3.05) is 25.5 Å². The van der Waals surface area contributed by atoms with Crippen molar-refractivity contribution < 1.29 is 9.53 Å². The number of amides is 1. The second-order valence-electron chi connectivity index (χ2n) is 6.77. The molecular formula is C18H26ClN3O2. The lowest BCUT2D eigenvalue weighted by molar-refractivity contribution is 0.0669. The molecule has 24 heavy (non-hydrogen) atoms. The Morgan fingerprint density at radius 3 is 2.79 bits per heavy atom. The minimum Gasteiger partial charge on any atom is -0.381 e. The monoisotopic (exact) mass is 351 g/mol. The van der Waals surface area contributed by atoms with Gasteiger partial charge in [0.2, 0.25) is 0 Å². The number of hydrogen-bond donors (Lipinski definition) is 1. The number of methoxy groups -OCH3 is 1. The lowest BCUT2D eigenvalue weighted by atomic mass is 9.93. The Bertz CT molecular complexity index is 575. The van der Waals surface area contributed by atoms with E-state index >= 15 is 0 Å². The average Bonchev–Trinajstić information content (AvgIpc) is 2.63. The van der Waals surface area contributed by atoms with Crippen LogP contribution in [0.2, 0.25) is 5.02 Å². The lowest BCUT2D eigenvalue weighted by Gasteiger charge is -2.29. The van der Waals surface area contributed by atoms with Crippen molar-refractivity contribution in [1.82, 2.24) is 9.88 Å². The molecule has 6 heteroatoms. The Labute approximate surface area is 148 Å². The molecule has 2 heterocycles. The van der Waals surface area contributed by atoms with Crippen LogP contribution in [0.25, 0.3) is 0 Å². The molecule has 1 aromatic rings. The van der Waals surface area contributed by atoms with E-state index in [1.807, 2.05) is 4.90 Å². The highest BCUT2D eigenvalue weighted by Gasteiger charge is 2.23. The zero-order chi connectivity index (χ0) is 16.9. The van der Waals surface area contributed by atoms with E-state index < -0.39 is 0 Å². The fraction of sp³-hybridized carbons (Fsp3) is 0.667. The van der Waals surface area contributed by atoms with Gasteiger partial charge in [0.15, 0.2) is 0 Å². The number of likely N-dealkylation sites (tertiary alicyclic amines) is 1. The molecule has 2 unspecified atom stereocenters.